The largest absolute Gasteiger partial charge is 0.331 e. The average molecular weight is 310 g/mol. The average Bonchev–Trinajstić information content (AvgIpc) is 2.47. The van der Waals surface area contributed by atoms with Crippen molar-refractivity contribution in [2.24, 2.45) is 0 Å². The predicted octanol–water partition coefficient (Wildman–Crippen LogP) is 3.14. The Balaban J connectivity index is 1.86. The predicted molar refractivity (Wildman–Crippen MR) is 86.7 cm³/mol. The topological polar surface area (TPSA) is 35.6 Å². The van der Waals surface area contributed by atoms with E-state index in [1.807, 2.05) is 23.1 Å². The molecule has 5 heteroatoms. The van der Waals surface area contributed by atoms with Crippen LogP contribution in [0.5, 0.6) is 0 Å². The van der Waals surface area contributed by atoms with Crippen molar-refractivity contribution in [3.8, 4) is 0 Å². The smallest absolute Gasteiger partial charge is 0.319 e. The fraction of sp³-hybridized carbons (Fsp3) is 0.562. The summed E-state index contributed by atoms with van der Waals surface area (Å²) in [5, 5.41) is 4.43. The number of piperidine rings is 1. The van der Waals surface area contributed by atoms with Crippen molar-refractivity contribution in [2.45, 2.75) is 31.8 Å². The van der Waals surface area contributed by atoms with Crippen molar-refractivity contribution in [1.29, 1.82) is 0 Å². The molecule has 1 aliphatic heterocycles. The third-order valence-corrected chi connectivity index (χ3v) is 4.35. The fourth-order valence-electron chi connectivity index (χ4n) is 2.79. The second-order valence-electron chi connectivity index (χ2n) is 5.85. The highest BCUT2D eigenvalue weighted by molar-refractivity contribution is 6.31. The summed E-state index contributed by atoms with van der Waals surface area (Å²) in [5.41, 5.74) is 1.13. The van der Waals surface area contributed by atoms with Crippen LogP contribution in [0.3, 0.4) is 0 Å². The summed E-state index contributed by atoms with van der Waals surface area (Å²) < 4.78 is 0. The summed E-state index contributed by atoms with van der Waals surface area (Å²) in [6.45, 7) is 3.76. The SMILES string of the molecule is CC(NC1CCN(C(=O)N(C)C)CC1)c1ccccc1Cl. The van der Waals surface area contributed by atoms with Crippen molar-refractivity contribution in [2.75, 3.05) is 27.2 Å². The Morgan fingerprint density at radius 2 is 1.95 bits per heavy atom. The van der Waals surface area contributed by atoms with Gasteiger partial charge in [0.1, 0.15) is 0 Å². The van der Waals surface area contributed by atoms with Crippen LogP contribution < -0.4 is 5.32 Å². The Labute approximate surface area is 132 Å². The molecule has 1 aliphatic rings. The molecule has 0 spiro atoms. The van der Waals surface area contributed by atoms with E-state index in [4.69, 9.17) is 11.6 Å². The van der Waals surface area contributed by atoms with Crippen LogP contribution in [-0.2, 0) is 0 Å². The number of carbonyl (C=O) groups is 1. The minimum absolute atomic E-state index is 0.104. The Bertz CT molecular complexity index is 484. The van der Waals surface area contributed by atoms with Crippen LogP contribution in [0, 0.1) is 0 Å². The van der Waals surface area contributed by atoms with E-state index in [2.05, 4.69) is 18.3 Å². The second-order valence-corrected chi connectivity index (χ2v) is 6.26. The lowest BCUT2D eigenvalue weighted by Gasteiger charge is -2.35. The van der Waals surface area contributed by atoms with E-state index >= 15 is 0 Å². The lowest BCUT2D eigenvalue weighted by atomic mass is 10.0. The van der Waals surface area contributed by atoms with E-state index in [9.17, 15) is 4.79 Å². The van der Waals surface area contributed by atoms with Crippen LogP contribution in [0.25, 0.3) is 0 Å². The number of rotatable bonds is 3. The molecular weight excluding hydrogens is 286 g/mol. The molecule has 0 aromatic heterocycles. The summed E-state index contributed by atoms with van der Waals surface area (Å²) in [6.07, 6.45) is 1.96. The molecule has 1 aromatic carbocycles. The van der Waals surface area contributed by atoms with Gasteiger partial charge in [0.25, 0.3) is 0 Å². The monoisotopic (exact) mass is 309 g/mol. The Morgan fingerprint density at radius 3 is 2.52 bits per heavy atom. The maximum Gasteiger partial charge on any atom is 0.319 e. The first-order chi connectivity index (χ1) is 9.99. The Morgan fingerprint density at radius 1 is 1.33 bits per heavy atom. The highest BCUT2D eigenvalue weighted by Gasteiger charge is 2.24. The summed E-state index contributed by atoms with van der Waals surface area (Å²) in [7, 11) is 3.60. The van der Waals surface area contributed by atoms with E-state index in [0.29, 0.717) is 6.04 Å². The Kier molecular flexibility index (Phi) is 5.48. The van der Waals surface area contributed by atoms with Gasteiger partial charge in [0.15, 0.2) is 0 Å². The number of carbonyl (C=O) groups excluding carboxylic acids is 1. The number of benzene rings is 1. The number of hydrogen-bond donors (Lipinski definition) is 1. The first kappa shape index (κ1) is 16.1. The molecule has 1 saturated heterocycles. The molecule has 0 saturated carbocycles. The number of likely N-dealkylation sites (tertiary alicyclic amines) is 1. The van der Waals surface area contributed by atoms with Gasteiger partial charge in [0, 0.05) is 44.3 Å². The number of hydrogen-bond acceptors (Lipinski definition) is 2. The van der Waals surface area contributed by atoms with Gasteiger partial charge in [-0.3, -0.25) is 0 Å². The van der Waals surface area contributed by atoms with Gasteiger partial charge in [-0.25, -0.2) is 4.79 Å². The van der Waals surface area contributed by atoms with Crippen LogP contribution in [0.15, 0.2) is 24.3 Å². The molecule has 116 valence electrons. The maximum absolute atomic E-state index is 11.9. The zero-order valence-electron chi connectivity index (χ0n) is 13.0. The molecule has 0 bridgehead atoms. The van der Waals surface area contributed by atoms with Gasteiger partial charge in [-0.2, -0.15) is 0 Å². The summed E-state index contributed by atoms with van der Waals surface area (Å²) in [5.74, 6) is 0. The molecule has 2 amide bonds. The molecule has 21 heavy (non-hydrogen) atoms. The minimum Gasteiger partial charge on any atom is -0.331 e. The van der Waals surface area contributed by atoms with Crippen LogP contribution in [0.2, 0.25) is 5.02 Å². The standard InChI is InChI=1S/C16H24ClN3O/c1-12(14-6-4-5-7-15(14)17)18-13-8-10-20(11-9-13)16(21)19(2)3/h4-7,12-13,18H,8-11H2,1-3H3. The number of nitrogens with zero attached hydrogens (tertiary/aromatic N) is 2. The van der Waals surface area contributed by atoms with Crippen LogP contribution in [-0.4, -0.2) is 49.1 Å². The molecule has 4 nitrogen and oxygen atoms in total. The molecule has 1 aromatic rings. The normalized spacial score (nSPS) is 17.6. The third-order valence-electron chi connectivity index (χ3n) is 4.01. The first-order valence-electron chi connectivity index (χ1n) is 7.45. The number of nitrogens with one attached hydrogen (secondary N) is 1. The summed E-state index contributed by atoms with van der Waals surface area (Å²) >= 11 is 6.24. The molecule has 1 unspecified atom stereocenters. The van der Waals surface area contributed by atoms with Crippen molar-refractivity contribution in [3.05, 3.63) is 34.9 Å². The highest BCUT2D eigenvalue weighted by Crippen LogP contribution is 2.24. The summed E-state index contributed by atoms with van der Waals surface area (Å²) in [6, 6.07) is 8.70. The summed E-state index contributed by atoms with van der Waals surface area (Å²) in [4.78, 5) is 15.5. The molecule has 1 fully saturated rings. The lowest BCUT2D eigenvalue weighted by Crippen LogP contribution is -2.48. The van der Waals surface area contributed by atoms with E-state index < -0.39 is 0 Å². The van der Waals surface area contributed by atoms with E-state index in [1.165, 1.54) is 0 Å². The number of amides is 2. The molecule has 0 aliphatic carbocycles. The van der Waals surface area contributed by atoms with Crippen molar-refractivity contribution in [3.63, 3.8) is 0 Å². The number of halogens is 1. The quantitative estimate of drug-likeness (QED) is 0.931. The third kappa shape index (κ3) is 4.11. The number of urea groups is 1. The van der Waals surface area contributed by atoms with Crippen LogP contribution in [0.1, 0.15) is 31.4 Å². The van der Waals surface area contributed by atoms with Crippen LogP contribution in [0.4, 0.5) is 4.79 Å². The molecular formula is C16H24ClN3O. The van der Waals surface area contributed by atoms with Crippen molar-refractivity contribution in [1.82, 2.24) is 15.1 Å². The highest BCUT2D eigenvalue weighted by atomic mass is 35.5. The van der Waals surface area contributed by atoms with E-state index in [1.54, 1.807) is 19.0 Å². The second kappa shape index (κ2) is 7.14. The molecule has 1 N–H and O–H groups in total. The minimum atomic E-state index is 0.104. The first-order valence-corrected chi connectivity index (χ1v) is 7.83. The van der Waals surface area contributed by atoms with Gasteiger partial charge in [-0.15, -0.1) is 0 Å². The van der Waals surface area contributed by atoms with Gasteiger partial charge in [-0.05, 0) is 31.4 Å². The fourth-order valence-corrected chi connectivity index (χ4v) is 3.09. The van der Waals surface area contributed by atoms with Gasteiger partial charge < -0.3 is 15.1 Å². The van der Waals surface area contributed by atoms with Gasteiger partial charge in [-0.1, -0.05) is 29.8 Å². The molecule has 2 rings (SSSR count). The lowest BCUT2D eigenvalue weighted by molar-refractivity contribution is 0.151. The van der Waals surface area contributed by atoms with E-state index in [0.717, 1.165) is 36.5 Å². The zero-order valence-corrected chi connectivity index (χ0v) is 13.7. The Hall–Kier alpha value is -1.26. The van der Waals surface area contributed by atoms with Gasteiger partial charge in [0.05, 0.1) is 0 Å². The molecule has 1 atom stereocenters. The van der Waals surface area contributed by atoms with Gasteiger partial charge >= 0.3 is 6.03 Å². The van der Waals surface area contributed by atoms with Crippen molar-refractivity contribution >= 4 is 17.6 Å². The zero-order chi connectivity index (χ0) is 15.4. The maximum atomic E-state index is 11.9. The van der Waals surface area contributed by atoms with Gasteiger partial charge in [0.2, 0.25) is 0 Å². The molecule has 0 radical (unpaired) electrons. The van der Waals surface area contributed by atoms with E-state index in [-0.39, 0.29) is 12.1 Å². The van der Waals surface area contributed by atoms with Crippen molar-refractivity contribution < 1.29 is 4.79 Å². The van der Waals surface area contributed by atoms with Crippen LogP contribution >= 0.6 is 11.6 Å². The molecule has 1 heterocycles.